The minimum atomic E-state index is -0.229. The molecule has 0 aliphatic carbocycles. The topological polar surface area (TPSA) is 6.48 Å². The van der Waals surface area contributed by atoms with Crippen LogP contribution in [0.5, 0.6) is 0 Å². The SMILES string of the molecule is Cc1ccc(N(c2ccc(C)cc2)c2c3ccccc3c(N(c3ccccc3)c3ccc(C)cc3)c3cc(C(C)(C)c4ccccc4)ccc23)cc1. The number of para-hydroxylation sites is 1. The fourth-order valence-electron chi connectivity index (χ4n) is 7.50. The Bertz CT molecular complexity index is 2430. The third-order valence-electron chi connectivity index (χ3n) is 10.5. The maximum atomic E-state index is 2.46. The number of benzene rings is 8. The van der Waals surface area contributed by atoms with Gasteiger partial charge >= 0.3 is 0 Å². The molecule has 0 bridgehead atoms. The summed E-state index contributed by atoms with van der Waals surface area (Å²) in [7, 11) is 0. The third-order valence-corrected chi connectivity index (χ3v) is 10.5. The van der Waals surface area contributed by atoms with Crippen LogP contribution in [0.1, 0.15) is 41.7 Å². The minimum absolute atomic E-state index is 0.229. The quantitative estimate of drug-likeness (QED) is 0.117. The van der Waals surface area contributed by atoms with Crippen molar-refractivity contribution in [1.82, 2.24) is 0 Å². The summed E-state index contributed by atoms with van der Waals surface area (Å²) in [6, 6.07) is 64.6. The summed E-state index contributed by atoms with van der Waals surface area (Å²) < 4.78 is 0. The van der Waals surface area contributed by atoms with E-state index in [-0.39, 0.29) is 5.41 Å². The smallest absolute Gasteiger partial charge is 0.0620 e. The summed E-state index contributed by atoms with van der Waals surface area (Å²) in [4.78, 5) is 4.91. The van der Waals surface area contributed by atoms with Crippen molar-refractivity contribution in [2.75, 3.05) is 9.80 Å². The Kier molecular flexibility index (Phi) is 8.61. The number of aryl methyl sites for hydroxylation is 3. The zero-order chi connectivity index (χ0) is 35.8. The molecule has 0 radical (unpaired) electrons. The van der Waals surface area contributed by atoms with E-state index in [0.29, 0.717) is 0 Å². The lowest BCUT2D eigenvalue weighted by Crippen LogP contribution is -2.19. The number of fused-ring (bicyclic) bond motifs is 2. The Morgan fingerprint density at radius 1 is 0.327 bits per heavy atom. The molecule has 0 unspecified atom stereocenters. The van der Waals surface area contributed by atoms with Crippen LogP contribution in [0.3, 0.4) is 0 Å². The third kappa shape index (κ3) is 6.01. The van der Waals surface area contributed by atoms with Gasteiger partial charge in [0.25, 0.3) is 0 Å². The average molecular weight is 673 g/mol. The van der Waals surface area contributed by atoms with E-state index in [1.165, 1.54) is 60.7 Å². The van der Waals surface area contributed by atoms with Crippen LogP contribution in [0.2, 0.25) is 0 Å². The van der Waals surface area contributed by atoms with Crippen molar-refractivity contribution in [3.05, 3.63) is 204 Å². The van der Waals surface area contributed by atoms with Gasteiger partial charge in [-0.15, -0.1) is 0 Å². The first kappa shape index (κ1) is 33.0. The number of anilines is 6. The van der Waals surface area contributed by atoms with Crippen molar-refractivity contribution >= 4 is 55.7 Å². The maximum absolute atomic E-state index is 2.46. The maximum Gasteiger partial charge on any atom is 0.0620 e. The normalized spacial score (nSPS) is 11.6. The lowest BCUT2D eigenvalue weighted by molar-refractivity contribution is 0.642. The van der Waals surface area contributed by atoms with E-state index in [9.17, 15) is 0 Å². The molecule has 0 saturated heterocycles. The number of hydrogen-bond acceptors (Lipinski definition) is 2. The Labute approximate surface area is 308 Å². The van der Waals surface area contributed by atoms with Gasteiger partial charge in [0.05, 0.1) is 11.4 Å². The van der Waals surface area contributed by atoms with Gasteiger partial charge in [0.1, 0.15) is 0 Å². The van der Waals surface area contributed by atoms with Crippen molar-refractivity contribution in [3.8, 4) is 0 Å². The molecule has 8 rings (SSSR count). The van der Waals surface area contributed by atoms with Gasteiger partial charge in [0, 0.05) is 49.7 Å². The van der Waals surface area contributed by atoms with Gasteiger partial charge in [-0.05, 0) is 86.5 Å². The van der Waals surface area contributed by atoms with Crippen LogP contribution in [-0.4, -0.2) is 0 Å². The molecule has 2 nitrogen and oxygen atoms in total. The molecular formula is C50H44N2. The molecule has 0 aliphatic rings. The summed E-state index contributed by atoms with van der Waals surface area (Å²) >= 11 is 0. The summed E-state index contributed by atoms with van der Waals surface area (Å²) in [6.45, 7) is 11.1. The van der Waals surface area contributed by atoms with Gasteiger partial charge in [-0.25, -0.2) is 0 Å². The van der Waals surface area contributed by atoms with Crippen LogP contribution >= 0.6 is 0 Å². The minimum Gasteiger partial charge on any atom is -0.309 e. The first-order valence-corrected chi connectivity index (χ1v) is 18.2. The first-order valence-electron chi connectivity index (χ1n) is 18.2. The van der Waals surface area contributed by atoms with Crippen molar-refractivity contribution in [2.24, 2.45) is 0 Å². The van der Waals surface area contributed by atoms with E-state index in [0.717, 1.165) is 22.7 Å². The first-order chi connectivity index (χ1) is 25.3. The van der Waals surface area contributed by atoms with Gasteiger partial charge < -0.3 is 9.80 Å². The highest BCUT2D eigenvalue weighted by Crippen LogP contribution is 2.52. The fourth-order valence-corrected chi connectivity index (χ4v) is 7.50. The van der Waals surface area contributed by atoms with E-state index < -0.39 is 0 Å². The lowest BCUT2D eigenvalue weighted by atomic mass is 9.77. The highest BCUT2D eigenvalue weighted by Gasteiger charge is 2.28. The Morgan fingerprint density at radius 3 is 1.15 bits per heavy atom. The molecule has 0 amide bonds. The molecule has 0 saturated carbocycles. The second kappa shape index (κ2) is 13.5. The van der Waals surface area contributed by atoms with Gasteiger partial charge in [-0.2, -0.15) is 0 Å². The van der Waals surface area contributed by atoms with Crippen LogP contribution < -0.4 is 9.80 Å². The molecular weight excluding hydrogens is 629 g/mol. The zero-order valence-electron chi connectivity index (χ0n) is 30.6. The van der Waals surface area contributed by atoms with Gasteiger partial charge in [-0.1, -0.05) is 152 Å². The summed E-state index contributed by atoms with van der Waals surface area (Å²) in [5.41, 5.74) is 12.9. The number of hydrogen-bond donors (Lipinski definition) is 0. The monoisotopic (exact) mass is 672 g/mol. The average Bonchev–Trinajstić information content (AvgIpc) is 3.18. The highest BCUT2D eigenvalue weighted by atomic mass is 15.2. The van der Waals surface area contributed by atoms with Gasteiger partial charge in [-0.3, -0.25) is 0 Å². The lowest BCUT2D eigenvalue weighted by Gasteiger charge is -2.34. The van der Waals surface area contributed by atoms with Crippen LogP contribution in [0.25, 0.3) is 21.5 Å². The molecule has 0 N–H and O–H groups in total. The van der Waals surface area contributed by atoms with Crippen LogP contribution in [0.4, 0.5) is 34.1 Å². The number of nitrogens with zero attached hydrogens (tertiary/aromatic N) is 2. The van der Waals surface area contributed by atoms with Crippen molar-refractivity contribution in [3.63, 3.8) is 0 Å². The predicted molar refractivity (Wildman–Crippen MR) is 224 cm³/mol. The molecule has 8 aromatic rings. The van der Waals surface area contributed by atoms with E-state index in [1.54, 1.807) is 0 Å². The van der Waals surface area contributed by atoms with Crippen molar-refractivity contribution in [2.45, 2.75) is 40.0 Å². The molecule has 254 valence electrons. The standard InChI is InChI=1S/C50H44N2/c1-35-20-27-41(28-21-35)51(40-16-10-7-11-17-40)49-45-19-13-12-18-44(45)48(52(42-29-22-36(2)23-30-42)43-31-24-37(3)25-32-43)46-33-26-39(34-47(46)49)50(4,5)38-14-8-6-9-15-38/h6-34H,1-5H3. The van der Waals surface area contributed by atoms with Crippen LogP contribution in [0.15, 0.2) is 176 Å². The molecule has 0 aromatic heterocycles. The summed E-state index contributed by atoms with van der Waals surface area (Å²) in [6.07, 6.45) is 0. The molecule has 52 heavy (non-hydrogen) atoms. The number of rotatable bonds is 8. The van der Waals surface area contributed by atoms with Crippen molar-refractivity contribution in [1.29, 1.82) is 0 Å². The second-order valence-electron chi connectivity index (χ2n) is 14.5. The van der Waals surface area contributed by atoms with Gasteiger partial charge in [0.15, 0.2) is 0 Å². The molecule has 0 spiro atoms. The second-order valence-corrected chi connectivity index (χ2v) is 14.5. The van der Waals surface area contributed by atoms with Crippen LogP contribution in [0, 0.1) is 20.8 Å². The largest absolute Gasteiger partial charge is 0.309 e. The molecule has 0 heterocycles. The van der Waals surface area contributed by atoms with Crippen LogP contribution in [-0.2, 0) is 5.41 Å². The van der Waals surface area contributed by atoms with Crippen molar-refractivity contribution < 1.29 is 0 Å². The Balaban J connectivity index is 1.53. The molecule has 0 aliphatic heterocycles. The fraction of sp³-hybridized carbons (Fsp3) is 0.120. The molecule has 0 fully saturated rings. The predicted octanol–water partition coefficient (Wildman–Crippen LogP) is 14.2. The van der Waals surface area contributed by atoms with E-state index >= 15 is 0 Å². The molecule has 0 atom stereocenters. The van der Waals surface area contributed by atoms with E-state index in [2.05, 4.69) is 220 Å². The highest BCUT2D eigenvalue weighted by molar-refractivity contribution is 6.23. The Hall–Kier alpha value is -6.12. The zero-order valence-corrected chi connectivity index (χ0v) is 30.6. The Morgan fingerprint density at radius 2 is 0.692 bits per heavy atom. The molecule has 8 aromatic carbocycles. The van der Waals surface area contributed by atoms with E-state index in [4.69, 9.17) is 0 Å². The van der Waals surface area contributed by atoms with Gasteiger partial charge in [0.2, 0.25) is 0 Å². The van der Waals surface area contributed by atoms with E-state index in [1.807, 2.05) is 0 Å². The molecule has 2 heteroatoms. The summed E-state index contributed by atoms with van der Waals surface area (Å²) in [5, 5.41) is 4.77. The summed E-state index contributed by atoms with van der Waals surface area (Å²) in [5.74, 6) is 0.